The summed E-state index contributed by atoms with van der Waals surface area (Å²) in [5, 5.41) is 3.45. The van der Waals surface area contributed by atoms with Gasteiger partial charge in [0.1, 0.15) is 0 Å². The Balaban J connectivity index is 3.47. The molecule has 0 spiro atoms. The molecule has 0 atom stereocenters. The van der Waals surface area contributed by atoms with Crippen LogP contribution in [-0.4, -0.2) is 19.6 Å². The third-order valence-electron chi connectivity index (χ3n) is 2.21. The first kappa shape index (κ1) is 12.9. The standard InChI is InChI=1S/C11H26N2/c1-10(2,3)6-7-13-9-11(4,5)8-12/h13H,6-9,12H2,1-5H3. The van der Waals surface area contributed by atoms with Gasteiger partial charge in [-0.3, -0.25) is 0 Å². The van der Waals surface area contributed by atoms with E-state index in [4.69, 9.17) is 5.73 Å². The van der Waals surface area contributed by atoms with Crippen molar-refractivity contribution in [1.82, 2.24) is 5.32 Å². The average Bonchev–Trinajstić information content (AvgIpc) is 1.97. The van der Waals surface area contributed by atoms with Crippen LogP contribution in [0.5, 0.6) is 0 Å². The molecule has 13 heavy (non-hydrogen) atoms. The lowest BCUT2D eigenvalue weighted by Gasteiger charge is -2.24. The van der Waals surface area contributed by atoms with Crippen LogP contribution in [0.4, 0.5) is 0 Å². The summed E-state index contributed by atoms with van der Waals surface area (Å²) < 4.78 is 0. The predicted octanol–water partition coefficient (Wildman–Crippen LogP) is 2.00. The van der Waals surface area contributed by atoms with Gasteiger partial charge in [0.05, 0.1) is 0 Å². The summed E-state index contributed by atoms with van der Waals surface area (Å²) in [5.41, 5.74) is 6.30. The molecular weight excluding hydrogens is 160 g/mol. The Hall–Kier alpha value is -0.0800. The summed E-state index contributed by atoms with van der Waals surface area (Å²) in [5.74, 6) is 0. The van der Waals surface area contributed by atoms with E-state index in [1.54, 1.807) is 0 Å². The molecule has 3 N–H and O–H groups in total. The quantitative estimate of drug-likeness (QED) is 0.644. The first-order valence-electron chi connectivity index (χ1n) is 5.18. The maximum absolute atomic E-state index is 5.63. The second kappa shape index (κ2) is 4.97. The van der Waals surface area contributed by atoms with Gasteiger partial charge in [-0.1, -0.05) is 34.6 Å². The van der Waals surface area contributed by atoms with Crippen LogP contribution >= 0.6 is 0 Å². The molecule has 0 saturated heterocycles. The second-order valence-electron chi connectivity index (χ2n) is 5.86. The average molecular weight is 186 g/mol. The van der Waals surface area contributed by atoms with Gasteiger partial charge >= 0.3 is 0 Å². The largest absolute Gasteiger partial charge is 0.330 e. The summed E-state index contributed by atoms with van der Waals surface area (Å²) >= 11 is 0. The van der Waals surface area contributed by atoms with Gasteiger partial charge in [0.15, 0.2) is 0 Å². The summed E-state index contributed by atoms with van der Waals surface area (Å²) in [4.78, 5) is 0. The molecule has 0 aromatic heterocycles. The van der Waals surface area contributed by atoms with E-state index >= 15 is 0 Å². The molecule has 2 nitrogen and oxygen atoms in total. The highest BCUT2D eigenvalue weighted by Gasteiger charge is 2.15. The van der Waals surface area contributed by atoms with E-state index in [9.17, 15) is 0 Å². The lowest BCUT2D eigenvalue weighted by molar-refractivity contribution is 0.320. The molecule has 0 aliphatic heterocycles. The van der Waals surface area contributed by atoms with E-state index in [1.165, 1.54) is 6.42 Å². The van der Waals surface area contributed by atoms with Crippen molar-refractivity contribution in [1.29, 1.82) is 0 Å². The van der Waals surface area contributed by atoms with E-state index in [-0.39, 0.29) is 5.41 Å². The highest BCUT2D eigenvalue weighted by atomic mass is 14.9. The zero-order valence-electron chi connectivity index (χ0n) is 9.91. The van der Waals surface area contributed by atoms with Crippen molar-refractivity contribution in [2.45, 2.75) is 41.0 Å². The number of hydrogen-bond acceptors (Lipinski definition) is 2. The third-order valence-corrected chi connectivity index (χ3v) is 2.21. The monoisotopic (exact) mass is 186 g/mol. The van der Waals surface area contributed by atoms with E-state index < -0.39 is 0 Å². The van der Waals surface area contributed by atoms with Gasteiger partial charge in [-0.25, -0.2) is 0 Å². The lowest BCUT2D eigenvalue weighted by Crippen LogP contribution is -2.36. The SMILES string of the molecule is CC(C)(C)CCNCC(C)(C)CN. The second-order valence-corrected chi connectivity index (χ2v) is 5.86. The molecule has 0 aliphatic rings. The van der Waals surface area contributed by atoms with Crippen molar-refractivity contribution in [3.63, 3.8) is 0 Å². The number of nitrogens with one attached hydrogen (secondary N) is 1. The minimum atomic E-state index is 0.234. The van der Waals surface area contributed by atoms with Gasteiger partial charge in [0.2, 0.25) is 0 Å². The zero-order valence-corrected chi connectivity index (χ0v) is 9.91. The molecule has 0 fully saturated rings. The van der Waals surface area contributed by atoms with Crippen LogP contribution < -0.4 is 11.1 Å². The van der Waals surface area contributed by atoms with Crippen molar-refractivity contribution in [2.24, 2.45) is 16.6 Å². The highest BCUT2D eigenvalue weighted by Crippen LogP contribution is 2.17. The first-order chi connectivity index (χ1) is 5.77. The molecule has 0 saturated carbocycles. The first-order valence-corrected chi connectivity index (χ1v) is 5.18. The Kier molecular flexibility index (Phi) is 4.93. The van der Waals surface area contributed by atoms with Crippen LogP contribution in [0.15, 0.2) is 0 Å². The van der Waals surface area contributed by atoms with Crippen LogP contribution in [0.2, 0.25) is 0 Å². The normalized spacial score (nSPS) is 13.4. The lowest BCUT2D eigenvalue weighted by atomic mass is 9.91. The topological polar surface area (TPSA) is 38.0 Å². The predicted molar refractivity (Wildman–Crippen MR) is 59.8 cm³/mol. The van der Waals surface area contributed by atoms with Crippen molar-refractivity contribution in [3.8, 4) is 0 Å². The molecule has 0 aromatic rings. The van der Waals surface area contributed by atoms with Crippen LogP contribution in [-0.2, 0) is 0 Å². The van der Waals surface area contributed by atoms with Crippen molar-refractivity contribution in [2.75, 3.05) is 19.6 Å². The van der Waals surface area contributed by atoms with E-state index in [1.807, 2.05) is 0 Å². The molecule has 0 heterocycles. The van der Waals surface area contributed by atoms with Gasteiger partial charge in [-0.05, 0) is 30.3 Å². The molecule has 0 aromatic carbocycles. The molecule has 80 valence electrons. The summed E-state index contributed by atoms with van der Waals surface area (Å²) in [7, 11) is 0. The Morgan fingerprint density at radius 3 is 2.00 bits per heavy atom. The van der Waals surface area contributed by atoms with Crippen LogP contribution in [0.3, 0.4) is 0 Å². The van der Waals surface area contributed by atoms with Gasteiger partial charge < -0.3 is 11.1 Å². The van der Waals surface area contributed by atoms with Crippen molar-refractivity contribution >= 4 is 0 Å². The Morgan fingerprint density at radius 2 is 1.62 bits per heavy atom. The molecule has 0 aliphatic carbocycles. The molecule has 2 heteroatoms. The summed E-state index contributed by atoms with van der Waals surface area (Å²) in [6, 6.07) is 0. The Bertz CT molecular complexity index is 134. The molecule has 0 amide bonds. The van der Waals surface area contributed by atoms with Crippen molar-refractivity contribution < 1.29 is 0 Å². The molecule has 0 rings (SSSR count). The van der Waals surface area contributed by atoms with Crippen LogP contribution in [0.1, 0.15) is 41.0 Å². The molecule has 0 radical (unpaired) electrons. The Morgan fingerprint density at radius 1 is 1.08 bits per heavy atom. The van der Waals surface area contributed by atoms with Crippen LogP contribution in [0.25, 0.3) is 0 Å². The van der Waals surface area contributed by atoms with Gasteiger partial charge in [0.25, 0.3) is 0 Å². The Labute approximate surface area is 83.3 Å². The van der Waals surface area contributed by atoms with Gasteiger partial charge in [-0.2, -0.15) is 0 Å². The maximum Gasteiger partial charge on any atom is 0.00146 e. The zero-order chi connectivity index (χ0) is 10.5. The fraction of sp³-hybridized carbons (Fsp3) is 1.00. The van der Waals surface area contributed by atoms with Gasteiger partial charge in [0, 0.05) is 6.54 Å². The minimum absolute atomic E-state index is 0.234. The highest BCUT2D eigenvalue weighted by molar-refractivity contribution is 4.73. The van der Waals surface area contributed by atoms with E-state index in [2.05, 4.69) is 39.9 Å². The molecule has 0 bridgehead atoms. The minimum Gasteiger partial charge on any atom is -0.330 e. The summed E-state index contributed by atoms with van der Waals surface area (Å²) in [6.07, 6.45) is 1.22. The fourth-order valence-electron chi connectivity index (χ4n) is 0.962. The molecule has 0 unspecified atom stereocenters. The number of nitrogens with two attached hydrogens (primary N) is 1. The smallest absolute Gasteiger partial charge is 0.00146 e. The van der Waals surface area contributed by atoms with Crippen LogP contribution in [0, 0.1) is 10.8 Å². The van der Waals surface area contributed by atoms with Crippen molar-refractivity contribution in [3.05, 3.63) is 0 Å². The van der Waals surface area contributed by atoms with E-state index in [0.717, 1.165) is 19.6 Å². The molecular formula is C11H26N2. The third kappa shape index (κ3) is 8.26. The number of hydrogen-bond donors (Lipinski definition) is 2. The fourth-order valence-corrected chi connectivity index (χ4v) is 0.962. The number of rotatable bonds is 5. The van der Waals surface area contributed by atoms with Gasteiger partial charge in [-0.15, -0.1) is 0 Å². The summed E-state index contributed by atoms with van der Waals surface area (Å²) in [6.45, 7) is 14.0. The maximum atomic E-state index is 5.63. The van der Waals surface area contributed by atoms with E-state index in [0.29, 0.717) is 5.41 Å².